The van der Waals surface area contributed by atoms with Crippen molar-refractivity contribution in [2.24, 2.45) is 5.92 Å². The van der Waals surface area contributed by atoms with Crippen molar-refractivity contribution in [2.45, 2.75) is 45.7 Å². The fraction of sp³-hybridized carbons (Fsp3) is 1.00. The van der Waals surface area contributed by atoms with E-state index in [0.717, 1.165) is 12.0 Å². The molecule has 2 atom stereocenters. The van der Waals surface area contributed by atoms with E-state index in [1.807, 2.05) is 0 Å². The van der Waals surface area contributed by atoms with Crippen LogP contribution in [-0.2, 0) is 0 Å². The zero-order valence-corrected chi connectivity index (χ0v) is 9.51. The molecule has 0 spiro atoms. The van der Waals surface area contributed by atoms with Gasteiger partial charge in [0.25, 0.3) is 0 Å². The molecule has 78 valence electrons. The van der Waals surface area contributed by atoms with Crippen LogP contribution in [0.3, 0.4) is 0 Å². The van der Waals surface area contributed by atoms with Gasteiger partial charge >= 0.3 is 0 Å². The highest BCUT2D eigenvalue weighted by molar-refractivity contribution is 4.79. The first kappa shape index (κ1) is 11.0. The SMILES string of the molecule is CC1CCNC(CN(C)C(C)C)C1. The van der Waals surface area contributed by atoms with Crippen molar-refractivity contribution in [2.75, 3.05) is 20.1 Å². The topological polar surface area (TPSA) is 15.3 Å². The molecule has 0 aromatic heterocycles. The lowest BCUT2D eigenvalue weighted by molar-refractivity contribution is 0.205. The highest BCUT2D eigenvalue weighted by Crippen LogP contribution is 2.15. The summed E-state index contributed by atoms with van der Waals surface area (Å²) in [7, 11) is 2.21. The Kier molecular flexibility index (Phi) is 4.20. The van der Waals surface area contributed by atoms with E-state index in [1.54, 1.807) is 0 Å². The molecule has 1 N–H and O–H groups in total. The molecule has 2 heteroatoms. The molecule has 1 rings (SSSR count). The Balaban J connectivity index is 2.27. The van der Waals surface area contributed by atoms with E-state index in [4.69, 9.17) is 0 Å². The Hall–Kier alpha value is -0.0800. The first-order valence-electron chi connectivity index (χ1n) is 5.53. The van der Waals surface area contributed by atoms with Crippen LogP contribution in [0.2, 0.25) is 0 Å². The lowest BCUT2D eigenvalue weighted by Gasteiger charge is -2.32. The Morgan fingerprint density at radius 1 is 1.46 bits per heavy atom. The van der Waals surface area contributed by atoms with Crippen molar-refractivity contribution < 1.29 is 0 Å². The Morgan fingerprint density at radius 3 is 2.69 bits per heavy atom. The molecule has 2 unspecified atom stereocenters. The fourth-order valence-electron chi connectivity index (χ4n) is 1.92. The molecule has 0 aromatic carbocycles. The van der Waals surface area contributed by atoms with Gasteiger partial charge in [-0.3, -0.25) is 0 Å². The molecule has 13 heavy (non-hydrogen) atoms. The Bertz CT molecular complexity index is 145. The first-order valence-corrected chi connectivity index (χ1v) is 5.53. The van der Waals surface area contributed by atoms with Crippen LogP contribution in [0.5, 0.6) is 0 Å². The van der Waals surface area contributed by atoms with Gasteiger partial charge in [-0.25, -0.2) is 0 Å². The van der Waals surface area contributed by atoms with E-state index in [0.29, 0.717) is 6.04 Å². The third kappa shape index (κ3) is 3.65. The normalized spacial score (nSPS) is 30.0. The largest absolute Gasteiger partial charge is 0.313 e. The average molecular weight is 184 g/mol. The maximum absolute atomic E-state index is 3.59. The van der Waals surface area contributed by atoms with Gasteiger partial charge in [-0.15, -0.1) is 0 Å². The quantitative estimate of drug-likeness (QED) is 0.718. The van der Waals surface area contributed by atoms with Crippen molar-refractivity contribution in [1.29, 1.82) is 0 Å². The molecule has 0 aliphatic carbocycles. The summed E-state index contributed by atoms with van der Waals surface area (Å²) >= 11 is 0. The monoisotopic (exact) mass is 184 g/mol. The van der Waals surface area contributed by atoms with E-state index in [-0.39, 0.29) is 0 Å². The zero-order valence-electron chi connectivity index (χ0n) is 9.51. The minimum Gasteiger partial charge on any atom is -0.313 e. The molecular formula is C11H24N2. The van der Waals surface area contributed by atoms with E-state index in [9.17, 15) is 0 Å². The maximum atomic E-state index is 3.59. The van der Waals surface area contributed by atoms with Gasteiger partial charge in [0, 0.05) is 18.6 Å². The second-order valence-electron chi connectivity index (χ2n) is 4.81. The van der Waals surface area contributed by atoms with Crippen molar-refractivity contribution in [3.8, 4) is 0 Å². The molecule has 1 saturated heterocycles. The fourth-order valence-corrected chi connectivity index (χ4v) is 1.92. The van der Waals surface area contributed by atoms with E-state index in [1.165, 1.54) is 25.9 Å². The minimum atomic E-state index is 0.666. The summed E-state index contributed by atoms with van der Waals surface area (Å²) in [4.78, 5) is 2.43. The van der Waals surface area contributed by atoms with Gasteiger partial charge in [-0.05, 0) is 46.2 Å². The number of likely N-dealkylation sites (N-methyl/N-ethyl adjacent to an activating group) is 1. The summed E-state index contributed by atoms with van der Waals surface area (Å²) in [6.45, 7) is 9.28. The summed E-state index contributed by atoms with van der Waals surface area (Å²) in [5.41, 5.74) is 0. The number of hydrogen-bond donors (Lipinski definition) is 1. The van der Waals surface area contributed by atoms with Gasteiger partial charge in [0.1, 0.15) is 0 Å². The van der Waals surface area contributed by atoms with Gasteiger partial charge < -0.3 is 10.2 Å². The predicted octanol–water partition coefficient (Wildman–Crippen LogP) is 1.71. The minimum absolute atomic E-state index is 0.666. The van der Waals surface area contributed by atoms with Crippen molar-refractivity contribution >= 4 is 0 Å². The van der Waals surface area contributed by atoms with Crippen LogP contribution in [0.15, 0.2) is 0 Å². The molecule has 2 nitrogen and oxygen atoms in total. The summed E-state index contributed by atoms with van der Waals surface area (Å²) in [6.07, 6.45) is 2.69. The predicted molar refractivity (Wildman–Crippen MR) is 58.0 cm³/mol. The molecule has 0 aromatic rings. The number of hydrogen-bond acceptors (Lipinski definition) is 2. The second kappa shape index (κ2) is 4.97. The van der Waals surface area contributed by atoms with Crippen LogP contribution in [0.1, 0.15) is 33.6 Å². The van der Waals surface area contributed by atoms with Crippen LogP contribution in [0.4, 0.5) is 0 Å². The van der Waals surface area contributed by atoms with Crippen molar-refractivity contribution in [3.05, 3.63) is 0 Å². The molecule has 1 aliphatic heterocycles. The van der Waals surface area contributed by atoms with Gasteiger partial charge in [-0.1, -0.05) is 6.92 Å². The summed E-state index contributed by atoms with van der Waals surface area (Å²) in [5.74, 6) is 0.909. The number of nitrogens with one attached hydrogen (secondary N) is 1. The smallest absolute Gasteiger partial charge is 0.0197 e. The van der Waals surface area contributed by atoms with Crippen LogP contribution >= 0.6 is 0 Å². The summed E-state index contributed by atoms with van der Waals surface area (Å²) < 4.78 is 0. The Labute approximate surface area is 82.7 Å². The lowest BCUT2D eigenvalue weighted by Crippen LogP contribution is -2.46. The summed E-state index contributed by atoms with van der Waals surface area (Å²) in [5, 5.41) is 3.59. The molecule has 0 radical (unpaired) electrons. The van der Waals surface area contributed by atoms with Crippen molar-refractivity contribution in [3.63, 3.8) is 0 Å². The summed E-state index contributed by atoms with van der Waals surface area (Å²) in [6, 6.07) is 1.38. The third-order valence-corrected chi connectivity index (χ3v) is 3.15. The third-order valence-electron chi connectivity index (χ3n) is 3.15. The van der Waals surface area contributed by atoms with Crippen LogP contribution in [-0.4, -0.2) is 37.1 Å². The highest BCUT2D eigenvalue weighted by Gasteiger charge is 2.19. The molecule has 0 amide bonds. The second-order valence-corrected chi connectivity index (χ2v) is 4.81. The van der Waals surface area contributed by atoms with Crippen molar-refractivity contribution in [1.82, 2.24) is 10.2 Å². The molecule has 0 saturated carbocycles. The highest BCUT2D eigenvalue weighted by atomic mass is 15.1. The van der Waals surface area contributed by atoms with Gasteiger partial charge in [0.15, 0.2) is 0 Å². The van der Waals surface area contributed by atoms with Crippen LogP contribution in [0.25, 0.3) is 0 Å². The first-order chi connectivity index (χ1) is 6.09. The average Bonchev–Trinajstić information content (AvgIpc) is 2.04. The van der Waals surface area contributed by atoms with E-state index < -0.39 is 0 Å². The Morgan fingerprint density at radius 2 is 2.15 bits per heavy atom. The van der Waals surface area contributed by atoms with Crippen LogP contribution < -0.4 is 5.32 Å². The molecule has 1 heterocycles. The molecular weight excluding hydrogens is 160 g/mol. The number of rotatable bonds is 3. The lowest BCUT2D eigenvalue weighted by atomic mass is 9.94. The number of nitrogens with zero attached hydrogens (tertiary/aromatic N) is 1. The van der Waals surface area contributed by atoms with Crippen LogP contribution in [0, 0.1) is 5.92 Å². The van der Waals surface area contributed by atoms with Gasteiger partial charge in [0.2, 0.25) is 0 Å². The molecule has 0 bridgehead atoms. The van der Waals surface area contributed by atoms with E-state index in [2.05, 4.69) is 38.0 Å². The standard InChI is InChI=1S/C11H24N2/c1-9(2)13(4)8-11-7-10(3)5-6-12-11/h9-12H,5-8H2,1-4H3. The van der Waals surface area contributed by atoms with Gasteiger partial charge in [0.05, 0.1) is 0 Å². The number of piperidine rings is 1. The maximum Gasteiger partial charge on any atom is 0.0197 e. The van der Waals surface area contributed by atoms with E-state index >= 15 is 0 Å². The molecule has 1 aliphatic rings. The molecule has 1 fully saturated rings. The zero-order chi connectivity index (χ0) is 9.84. The van der Waals surface area contributed by atoms with Gasteiger partial charge in [-0.2, -0.15) is 0 Å².